The van der Waals surface area contributed by atoms with Crippen LogP contribution in [0.3, 0.4) is 0 Å². The summed E-state index contributed by atoms with van der Waals surface area (Å²) >= 11 is 0. The van der Waals surface area contributed by atoms with Gasteiger partial charge in [0.05, 0.1) is 0 Å². The van der Waals surface area contributed by atoms with Crippen molar-refractivity contribution in [3.8, 4) is 0 Å². The van der Waals surface area contributed by atoms with Crippen LogP contribution in [-0.2, 0) is 25.8 Å². The molecule has 132 valence electrons. The summed E-state index contributed by atoms with van der Waals surface area (Å²) in [6.45, 7) is 15.5. The van der Waals surface area contributed by atoms with E-state index >= 15 is 0 Å². The Kier molecular flexibility index (Phi) is 23.2. The molecule has 22 heavy (non-hydrogen) atoms. The van der Waals surface area contributed by atoms with Gasteiger partial charge in [0.1, 0.15) is 0 Å². The summed E-state index contributed by atoms with van der Waals surface area (Å²) in [5.74, 6) is 0. The third kappa shape index (κ3) is 12.2. The zero-order valence-electron chi connectivity index (χ0n) is 16.7. The van der Waals surface area contributed by atoms with Crippen molar-refractivity contribution in [3.05, 3.63) is 37.6 Å². The number of unbranched alkanes of at least 4 members (excludes halogenated alkanes) is 2. The summed E-state index contributed by atoms with van der Waals surface area (Å²) in [6.07, 6.45) is 12.0. The minimum atomic E-state index is 0. The summed E-state index contributed by atoms with van der Waals surface area (Å²) in [5.41, 5.74) is 4.39. The van der Waals surface area contributed by atoms with E-state index in [4.69, 9.17) is 0 Å². The topological polar surface area (TPSA) is 0 Å². The zero-order valence-corrected chi connectivity index (χ0v) is 21.3. The van der Waals surface area contributed by atoms with Crippen molar-refractivity contribution in [2.24, 2.45) is 5.41 Å². The van der Waals surface area contributed by atoms with Gasteiger partial charge in [-0.2, -0.15) is 11.1 Å². The van der Waals surface area contributed by atoms with Crippen molar-refractivity contribution < 1.29 is 25.8 Å². The molecule has 0 aromatic heterocycles. The Balaban J connectivity index is -0.000000130. The maximum atomic E-state index is 3.44. The van der Waals surface area contributed by atoms with E-state index in [1.807, 2.05) is 0 Å². The van der Waals surface area contributed by atoms with Crippen molar-refractivity contribution >= 4 is 8.58 Å². The molecule has 0 aromatic carbocycles. The molecule has 0 amide bonds. The van der Waals surface area contributed by atoms with Gasteiger partial charge in [0.25, 0.3) is 0 Å². The molecule has 0 unspecified atom stereocenters. The van der Waals surface area contributed by atoms with Crippen LogP contribution in [0.25, 0.3) is 0 Å². The van der Waals surface area contributed by atoms with E-state index in [1.165, 1.54) is 63.3 Å². The Morgan fingerprint density at radius 3 is 1.50 bits per heavy atom. The molecule has 0 nitrogen and oxygen atoms in total. The number of rotatable bonds is 6. The number of hydrogen-bond donors (Lipinski definition) is 0. The molecule has 0 fully saturated rings. The monoisotopic (exact) mass is 491 g/mol. The fraction of sp³-hybridized carbons (Fsp3) is 0.700. The van der Waals surface area contributed by atoms with Crippen LogP contribution >= 0.6 is 8.58 Å². The maximum absolute atomic E-state index is 3.44. The van der Waals surface area contributed by atoms with Crippen LogP contribution in [0, 0.1) is 26.3 Å². The normalized spacial score (nSPS) is 14.8. The Hall–Kier alpha value is 0.780. The van der Waals surface area contributed by atoms with E-state index in [1.54, 1.807) is 0 Å². The van der Waals surface area contributed by atoms with Gasteiger partial charge in [-0.3, -0.25) is 6.08 Å². The average Bonchev–Trinajstić information content (AvgIpc) is 2.53. The molecule has 0 radical (unpaired) electrons. The van der Waals surface area contributed by atoms with Crippen LogP contribution in [0.2, 0.25) is 0 Å². The Labute approximate surface area is 163 Å². The van der Waals surface area contributed by atoms with Gasteiger partial charge in [-0.25, -0.2) is 5.57 Å². The summed E-state index contributed by atoms with van der Waals surface area (Å²) < 4.78 is 0. The van der Waals surface area contributed by atoms with Crippen molar-refractivity contribution in [2.75, 3.05) is 12.3 Å². The molecule has 0 spiro atoms. The van der Waals surface area contributed by atoms with Crippen LogP contribution in [-0.4, -0.2) is 12.3 Å². The van der Waals surface area contributed by atoms with Gasteiger partial charge in [0.2, 0.25) is 0 Å². The second-order valence-corrected chi connectivity index (χ2v) is 7.58. The minimum absolute atomic E-state index is 0. The number of hydrogen-bond acceptors (Lipinski definition) is 0. The third-order valence-electron chi connectivity index (χ3n) is 3.98. The van der Waals surface area contributed by atoms with Gasteiger partial charge in [0.15, 0.2) is 0 Å². The van der Waals surface area contributed by atoms with Crippen molar-refractivity contribution in [3.63, 3.8) is 0 Å². The van der Waals surface area contributed by atoms with Crippen LogP contribution in [0.15, 0.2) is 16.7 Å². The Morgan fingerprint density at radius 2 is 1.32 bits per heavy atom. The van der Waals surface area contributed by atoms with Crippen molar-refractivity contribution in [2.45, 2.75) is 74.1 Å². The molecule has 0 aromatic rings. The van der Waals surface area contributed by atoms with Crippen LogP contribution in [0.4, 0.5) is 0 Å². The molecule has 1 aliphatic carbocycles. The van der Waals surface area contributed by atoms with Gasteiger partial charge in [-0.15, -0.1) is 15.5 Å². The first-order valence-electron chi connectivity index (χ1n) is 7.87. The zero-order chi connectivity index (χ0) is 14.9. The quantitative estimate of drug-likeness (QED) is 0.159. The Morgan fingerprint density at radius 1 is 0.909 bits per heavy atom. The maximum Gasteiger partial charge on any atom is 0 e. The summed E-state index contributed by atoms with van der Waals surface area (Å²) in [7, 11) is 1.25. The van der Waals surface area contributed by atoms with E-state index < -0.39 is 0 Å². The molecular weight excluding hydrogens is 450 g/mol. The molecular formula is C20H40HfP-3. The first-order chi connectivity index (χ1) is 8.86. The first kappa shape index (κ1) is 30.6. The predicted molar refractivity (Wildman–Crippen MR) is 105 cm³/mol. The molecule has 0 bridgehead atoms. The van der Waals surface area contributed by atoms with Gasteiger partial charge >= 0.3 is 0 Å². The molecule has 2 heteroatoms. The van der Waals surface area contributed by atoms with E-state index in [-0.39, 0.29) is 46.1 Å². The second kappa shape index (κ2) is 16.6. The van der Waals surface area contributed by atoms with E-state index in [2.05, 4.69) is 54.5 Å². The molecule has 0 heterocycles. The minimum Gasteiger partial charge on any atom is -0.358 e. The molecule has 0 aliphatic heterocycles. The molecule has 0 atom stereocenters. The standard InChI is InChI=1S/C10H15.C8H19P.2CH3.Hf/c1-7-6-10(4,5)9(3)8(7)2;1-3-5-7-9-8-6-4-2;;;/h1-5H3;9H,3-8H2,1-2H3;2*1H3;/q-1;;2*-1;. The molecule has 1 rings (SSSR count). The SMILES string of the molecule is CC1=[C-]C(C)(C)C(C)=C1C.CCCCPCCCC.[CH3-].[CH3-].[Hf]. The average molecular weight is 490 g/mol. The smallest absolute Gasteiger partial charge is 0 e. The van der Waals surface area contributed by atoms with Gasteiger partial charge in [0, 0.05) is 25.8 Å². The largest absolute Gasteiger partial charge is 0.358 e. The Bertz CT molecular complexity index is 308. The molecule has 0 saturated heterocycles. The van der Waals surface area contributed by atoms with Crippen LogP contribution in [0.5, 0.6) is 0 Å². The molecule has 0 N–H and O–H groups in total. The van der Waals surface area contributed by atoms with E-state index in [9.17, 15) is 0 Å². The van der Waals surface area contributed by atoms with E-state index in [0.29, 0.717) is 0 Å². The third-order valence-corrected chi connectivity index (χ3v) is 5.39. The van der Waals surface area contributed by atoms with E-state index in [0.717, 1.165) is 0 Å². The fourth-order valence-electron chi connectivity index (χ4n) is 2.13. The van der Waals surface area contributed by atoms with Crippen LogP contribution < -0.4 is 0 Å². The van der Waals surface area contributed by atoms with Gasteiger partial charge in [-0.05, 0) is 25.2 Å². The van der Waals surface area contributed by atoms with Gasteiger partial charge < -0.3 is 14.9 Å². The van der Waals surface area contributed by atoms with Gasteiger partial charge in [-0.1, -0.05) is 59.8 Å². The fourth-order valence-corrected chi connectivity index (χ4v) is 3.59. The number of allylic oxidation sites excluding steroid dienone is 4. The first-order valence-corrected chi connectivity index (χ1v) is 9.29. The van der Waals surface area contributed by atoms with Crippen molar-refractivity contribution in [1.82, 2.24) is 0 Å². The summed E-state index contributed by atoms with van der Waals surface area (Å²) in [5, 5.41) is 0. The summed E-state index contributed by atoms with van der Waals surface area (Å²) in [6, 6.07) is 0. The van der Waals surface area contributed by atoms with Crippen LogP contribution in [0.1, 0.15) is 74.1 Å². The predicted octanol–water partition coefficient (Wildman–Crippen LogP) is 7.28. The molecule has 1 aliphatic rings. The summed E-state index contributed by atoms with van der Waals surface area (Å²) in [4.78, 5) is 0. The molecule has 0 saturated carbocycles. The second-order valence-electron chi connectivity index (χ2n) is 6.08. The van der Waals surface area contributed by atoms with Crippen molar-refractivity contribution in [1.29, 1.82) is 0 Å².